The predicted molar refractivity (Wildman–Crippen MR) is 327 cm³/mol. The Morgan fingerprint density at radius 2 is 0.740 bits per heavy atom. The molecule has 0 saturated carbocycles. The van der Waals surface area contributed by atoms with Crippen LogP contribution >= 0.6 is 0 Å². The standard InChI is InChI=1S/C68H129NO8/c1-3-5-7-9-11-13-15-17-19-21-22-23-24-25-26-27-28-29-30-31-32-33-34-35-36-37-38-39-40-42-44-46-48-50-52-54-56-58-64(72)69-61(60-76-68-67(75)66(74)65(73)63(59-70)77-68)62(71)57-55-53-51-49-47-45-43-41-20-18-16-14-12-10-8-6-4-2/h21-22,47,49,55,57,61-63,65-68,70-71,73-75H,3-20,23-46,48,50-54,56,58-60H2,1-2H3,(H,69,72)/b22-21-,49-47+,57-55+. The molecule has 1 aliphatic rings. The van der Waals surface area contributed by atoms with Crippen molar-refractivity contribution in [1.29, 1.82) is 0 Å². The average molecular weight is 1090 g/mol. The predicted octanol–water partition coefficient (Wildman–Crippen LogP) is 17.9. The highest BCUT2D eigenvalue weighted by atomic mass is 16.7. The second-order valence-electron chi connectivity index (χ2n) is 23.6. The number of unbranched alkanes of at least 4 members (excludes halogenated alkanes) is 45. The Bertz CT molecular complexity index is 1310. The summed E-state index contributed by atoms with van der Waals surface area (Å²) in [5.74, 6) is -0.180. The van der Waals surface area contributed by atoms with Crippen LogP contribution in [0.2, 0.25) is 0 Å². The van der Waals surface area contributed by atoms with E-state index in [-0.39, 0.29) is 12.5 Å². The third kappa shape index (κ3) is 46.7. The van der Waals surface area contributed by atoms with Crippen molar-refractivity contribution in [2.75, 3.05) is 13.2 Å². The molecule has 0 spiro atoms. The second-order valence-corrected chi connectivity index (χ2v) is 23.6. The minimum atomic E-state index is -1.57. The molecule has 1 aliphatic heterocycles. The summed E-state index contributed by atoms with van der Waals surface area (Å²) in [6.45, 7) is 3.80. The Morgan fingerprint density at radius 1 is 0.429 bits per heavy atom. The van der Waals surface area contributed by atoms with Crippen LogP contribution < -0.4 is 5.32 Å². The number of ether oxygens (including phenoxy) is 2. The molecule has 0 aromatic heterocycles. The van der Waals surface area contributed by atoms with Crippen molar-refractivity contribution in [3.05, 3.63) is 36.5 Å². The van der Waals surface area contributed by atoms with Gasteiger partial charge in [0.15, 0.2) is 6.29 Å². The van der Waals surface area contributed by atoms with Gasteiger partial charge in [-0.15, -0.1) is 0 Å². The number of allylic oxidation sites excluding steroid dienone is 5. The molecule has 0 aliphatic carbocycles. The summed E-state index contributed by atoms with van der Waals surface area (Å²) >= 11 is 0. The summed E-state index contributed by atoms with van der Waals surface area (Å²) in [5, 5.41) is 54.6. The van der Waals surface area contributed by atoms with Gasteiger partial charge in [0.25, 0.3) is 0 Å². The maximum absolute atomic E-state index is 13.1. The Morgan fingerprint density at radius 3 is 1.09 bits per heavy atom. The number of hydrogen-bond acceptors (Lipinski definition) is 8. The summed E-state index contributed by atoms with van der Waals surface area (Å²) in [6.07, 6.45) is 69.8. The van der Waals surface area contributed by atoms with Crippen molar-refractivity contribution >= 4 is 5.91 Å². The first-order valence-corrected chi connectivity index (χ1v) is 33.7. The van der Waals surface area contributed by atoms with E-state index in [2.05, 4.69) is 43.5 Å². The number of carbonyl (C=O) groups excluding carboxylic acids is 1. The number of aliphatic hydroxyl groups excluding tert-OH is 5. The van der Waals surface area contributed by atoms with Crippen LogP contribution in [0.5, 0.6) is 0 Å². The zero-order valence-electron chi connectivity index (χ0n) is 50.7. The number of carbonyl (C=O) groups is 1. The number of amides is 1. The lowest BCUT2D eigenvalue weighted by Crippen LogP contribution is -2.60. The first-order valence-electron chi connectivity index (χ1n) is 33.7. The molecule has 1 saturated heterocycles. The van der Waals surface area contributed by atoms with Gasteiger partial charge in [0.05, 0.1) is 25.4 Å². The highest BCUT2D eigenvalue weighted by molar-refractivity contribution is 5.76. The fraction of sp³-hybridized carbons (Fsp3) is 0.897. The molecule has 454 valence electrons. The van der Waals surface area contributed by atoms with E-state index in [1.165, 1.54) is 276 Å². The van der Waals surface area contributed by atoms with Gasteiger partial charge < -0.3 is 40.3 Å². The van der Waals surface area contributed by atoms with Gasteiger partial charge in [-0.05, 0) is 57.8 Å². The highest BCUT2D eigenvalue weighted by Gasteiger charge is 2.44. The van der Waals surface area contributed by atoms with Gasteiger partial charge in [-0.1, -0.05) is 307 Å². The van der Waals surface area contributed by atoms with Gasteiger partial charge in [-0.3, -0.25) is 4.79 Å². The van der Waals surface area contributed by atoms with Gasteiger partial charge in [0.1, 0.15) is 24.4 Å². The molecule has 1 fully saturated rings. The van der Waals surface area contributed by atoms with Crippen LogP contribution in [0.1, 0.15) is 335 Å². The normalized spacial score (nSPS) is 18.9. The van der Waals surface area contributed by atoms with Crippen LogP contribution in [0.3, 0.4) is 0 Å². The third-order valence-corrected chi connectivity index (χ3v) is 16.2. The van der Waals surface area contributed by atoms with Crippen LogP contribution in [-0.2, 0) is 14.3 Å². The summed E-state index contributed by atoms with van der Waals surface area (Å²) in [4.78, 5) is 13.1. The van der Waals surface area contributed by atoms with E-state index in [4.69, 9.17) is 9.47 Å². The highest BCUT2D eigenvalue weighted by Crippen LogP contribution is 2.23. The van der Waals surface area contributed by atoms with Crippen LogP contribution in [0.25, 0.3) is 0 Å². The van der Waals surface area contributed by atoms with Crippen molar-refractivity contribution < 1.29 is 39.8 Å². The van der Waals surface area contributed by atoms with Crippen molar-refractivity contribution in [3.8, 4) is 0 Å². The van der Waals surface area contributed by atoms with Gasteiger partial charge in [-0.2, -0.15) is 0 Å². The lowest BCUT2D eigenvalue weighted by Gasteiger charge is -2.40. The van der Waals surface area contributed by atoms with E-state index in [9.17, 15) is 30.3 Å². The molecular weight excluding hydrogens is 959 g/mol. The van der Waals surface area contributed by atoms with Crippen LogP contribution in [0.15, 0.2) is 36.5 Å². The maximum atomic E-state index is 13.1. The first-order chi connectivity index (χ1) is 37.8. The Labute approximate surface area is 476 Å². The molecule has 9 nitrogen and oxygen atoms in total. The van der Waals surface area contributed by atoms with Crippen molar-refractivity contribution in [2.24, 2.45) is 0 Å². The van der Waals surface area contributed by atoms with E-state index in [1.54, 1.807) is 6.08 Å². The quantitative estimate of drug-likeness (QED) is 0.0261. The van der Waals surface area contributed by atoms with E-state index >= 15 is 0 Å². The molecule has 1 heterocycles. The molecule has 77 heavy (non-hydrogen) atoms. The number of rotatable bonds is 59. The minimum absolute atomic E-state index is 0.180. The minimum Gasteiger partial charge on any atom is -0.394 e. The summed E-state index contributed by atoms with van der Waals surface area (Å²) in [7, 11) is 0. The molecule has 7 unspecified atom stereocenters. The SMILES string of the molecule is CCCCCCCCCC/C=C\CCCCCCCCCCCCCCCCCCCCCCCCCCCC(=O)NC(COC1OC(CO)C(O)C(O)C1O)C(O)/C=C/CC/C=C/CCCCCCCCCCCCC. The Hall–Kier alpha value is -1.59. The molecule has 1 rings (SSSR count). The van der Waals surface area contributed by atoms with Crippen molar-refractivity contribution in [2.45, 2.75) is 378 Å². The maximum Gasteiger partial charge on any atom is 0.220 e. The molecular formula is C68H129NO8. The van der Waals surface area contributed by atoms with E-state index < -0.39 is 49.5 Å². The fourth-order valence-electron chi connectivity index (χ4n) is 10.9. The lowest BCUT2D eigenvalue weighted by atomic mass is 9.99. The van der Waals surface area contributed by atoms with E-state index in [0.717, 1.165) is 38.5 Å². The zero-order valence-corrected chi connectivity index (χ0v) is 50.7. The first kappa shape index (κ1) is 73.4. The van der Waals surface area contributed by atoms with Gasteiger partial charge in [0.2, 0.25) is 5.91 Å². The Balaban J connectivity index is 2.07. The lowest BCUT2D eigenvalue weighted by molar-refractivity contribution is -0.302. The molecule has 9 heteroatoms. The average Bonchev–Trinajstić information content (AvgIpc) is 3.43. The summed E-state index contributed by atoms with van der Waals surface area (Å²) in [5.41, 5.74) is 0. The molecule has 0 bridgehead atoms. The van der Waals surface area contributed by atoms with E-state index in [0.29, 0.717) is 6.42 Å². The van der Waals surface area contributed by atoms with Crippen LogP contribution in [-0.4, -0.2) is 87.5 Å². The summed E-state index contributed by atoms with van der Waals surface area (Å²) < 4.78 is 11.3. The van der Waals surface area contributed by atoms with Crippen LogP contribution in [0, 0.1) is 0 Å². The fourth-order valence-corrected chi connectivity index (χ4v) is 10.9. The topological polar surface area (TPSA) is 149 Å². The molecule has 7 atom stereocenters. The van der Waals surface area contributed by atoms with Crippen LogP contribution in [0.4, 0.5) is 0 Å². The van der Waals surface area contributed by atoms with Gasteiger partial charge >= 0.3 is 0 Å². The molecule has 0 radical (unpaired) electrons. The number of nitrogens with one attached hydrogen (secondary N) is 1. The third-order valence-electron chi connectivity index (χ3n) is 16.2. The number of hydrogen-bond donors (Lipinski definition) is 6. The molecule has 6 N–H and O–H groups in total. The van der Waals surface area contributed by atoms with Crippen molar-refractivity contribution in [3.63, 3.8) is 0 Å². The summed E-state index contributed by atoms with van der Waals surface area (Å²) in [6, 6.07) is -0.820. The van der Waals surface area contributed by atoms with Gasteiger partial charge in [-0.25, -0.2) is 0 Å². The number of aliphatic hydroxyl groups is 5. The Kier molecular flexibility index (Phi) is 55.0. The smallest absolute Gasteiger partial charge is 0.220 e. The second kappa shape index (κ2) is 57.6. The zero-order chi connectivity index (χ0) is 55.8. The monoisotopic (exact) mass is 1090 g/mol. The van der Waals surface area contributed by atoms with E-state index in [1.807, 2.05) is 6.08 Å². The van der Waals surface area contributed by atoms with Crippen molar-refractivity contribution in [1.82, 2.24) is 5.32 Å². The molecule has 0 aromatic rings. The largest absolute Gasteiger partial charge is 0.394 e. The van der Waals surface area contributed by atoms with Gasteiger partial charge in [0, 0.05) is 6.42 Å². The molecule has 1 amide bonds. The molecule has 0 aromatic carbocycles.